The molecule has 8 aromatic heterocycles. The Hall–Kier alpha value is -7.03. The van der Waals surface area contributed by atoms with Crippen molar-refractivity contribution in [2.45, 2.75) is 6.67 Å². The number of aromatic nitrogens is 10. The van der Waals surface area contributed by atoms with E-state index in [0.29, 0.717) is 0 Å². The molecule has 0 aliphatic carbocycles. The van der Waals surface area contributed by atoms with Crippen LogP contribution in [-0.2, 0) is 81.7 Å². The first-order chi connectivity index (χ1) is 40.3. The van der Waals surface area contributed by atoms with Crippen molar-refractivity contribution in [3.63, 3.8) is 0 Å². The molecular formula is C66H61Br2ClN14Pt3. The quantitative estimate of drug-likeness (QED) is 0.127. The fourth-order valence-corrected chi connectivity index (χ4v) is 8.10. The van der Waals surface area contributed by atoms with Crippen LogP contribution in [0.4, 0.5) is 0 Å². The van der Waals surface area contributed by atoms with Crippen LogP contribution in [0, 0.1) is 31.5 Å². The SMILES string of the molecule is CN1C=CN(CN2C=CN(C)[CH-]2)[CH-]1.C[n+]1ccn(Cn2cc[n+](C)c2)c1.[Br-].[Br-].[Cl][Pt+].[Pt+2].[Pt+2].[c-]1ccccc1-c1cccc(-c2ccccn2)n1.[c-]1ccccc1-c1cccc(-c2ccccn2)n1.[c-]1ccccc1-c1cccc(-c2ccccn2)n1. The molecule has 0 bridgehead atoms. The van der Waals surface area contributed by atoms with Gasteiger partial charge in [0.1, 0.15) is 24.8 Å². The van der Waals surface area contributed by atoms with Crippen LogP contribution in [0.25, 0.3) is 67.9 Å². The van der Waals surface area contributed by atoms with E-state index in [9.17, 15) is 0 Å². The predicted octanol–water partition coefficient (Wildman–Crippen LogP) is 5.59. The second-order valence-corrected chi connectivity index (χ2v) is 18.4. The van der Waals surface area contributed by atoms with Crippen molar-refractivity contribution < 1.29 is 104 Å². The van der Waals surface area contributed by atoms with Gasteiger partial charge in [-0.1, -0.05) is 54.6 Å². The Morgan fingerprint density at radius 3 is 0.977 bits per heavy atom. The molecule has 3 aromatic carbocycles. The van der Waals surface area contributed by atoms with Gasteiger partial charge in [0.2, 0.25) is 19.3 Å². The van der Waals surface area contributed by atoms with Gasteiger partial charge in [0.15, 0.2) is 0 Å². The van der Waals surface area contributed by atoms with E-state index < -0.39 is 0 Å². The summed E-state index contributed by atoms with van der Waals surface area (Å²) in [5.74, 6) is 0. The summed E-state index contributed by atoms with van der Waals surface area (Å²) in [7, 11) is 12.7. The number of hydrogen-bond donors (Lipinski definition) is 0. The Balaban J connectivity index is 0.000000227. The average Bonchev–Trinajstić information content (AvgIpc) is 2.95. The number of nitrogens with zero attached hydrogens (tertiary/aromatic N) is 14. The molecule has 0 unspecified atom stereocenters. The molecule has 2 aliphatic heterocycles. The summed E-state index contributed by atoms with van der Waals surface area (Å²) in [6.07, 6.45) is 25.8. The van der Waals surface area contributed by atoms with Crippen molar-refractivity contribution in [2.24, 2.45) is 14.1 Å². The third kappa shape index (κ3) is 23.0. The maximum atomic E-state index is 4.62. The minimum atomic E-state index is 0. The van der Waals surface area contributed by atoms with Gasteiger partial charge in [-0.15, -0.1) is 108 Å². The fraction of sp³-hybridized carbons (Fsp3) is 0.0909. The maximum Gasteiger partial charge on any atom is 2.00 e. The van der Waals surface area contributed by atoms with E-state index in [2.05, 4.69) is 127 Å². The molecule has 10 heterocycles. The first kappa shape index (κ1) is 71.5. The normalized spacial score (nSPS) is 11.3. The topological polar surface area (TPSA) is 108 Å². The molecule has 13 rings (SSSR count). The van der Waals surface area contributed by atoms with Crippen LogP contribution in [0.1, 0.15) is 0 Å². The molecule has 14 nitrogen and oxygen atoms in total. The molecule has 0 saturated heterocycles. The standard InChI is InChI=1S/3C16H11N2.2C9H14N4.2BrH.ClH.3Pt/c3*1-2-7-13(8-3-1)14-10-6-11-16(18-14)15-9-4-5-12-17-15;2*1-10-3-5-12(7-10)9-13-6-4-11(2)8-13;;;;;;/h3*1-7,9-12H;2*3-8H,9H2,1-2H3;3*1H;;;/q3*-1;-2;+2;;;;3*+2/p-3. The smallest absolute Gasteiger partial charge is 0.295 e. The van der Waals surface area contributed by atoms with E-state index in [0.717, 1.165) is 81.3 Å². The third-order valence-corrected chi connectivity index (χ3v) is 11.9. The van der Waals surface area contributed by atoms with Crippen LogP contribution >= 0.6 is 9.42 Å². The maximum absolute atomic E-state index is 4.62. The van der Waals surface area contributed by atoms with Crippen LogP contribution in [0.15, 0.2) is 263 Å². The number of aryl methyl sites for hydroxylation is 2. The fourth-order valence-electron chi connectivity index (χ4n) is 8.10. The first-order valence-corrected chi connectivity index (χ1v) is 28.8. The average molecular weight is 1830 g/mol. The zero-order valence-electron chi connectivity index (χ0n) is 47.2. The van der Waals surface area contributed by atoms with Crippen LogP contribution in [0.2, 0.25) is 0 Å². The molecule has 0 fully saturated rings. The summed E-state index contributed by atoms with van der Waals surface area (Å²) in [6, 6.07) is 68.4. The number of imidazole rings is 2. The summed E-state index contributed by atoms with van der Waals surface area (Å²) >= 11 is 1.61. The minimum absolute atomic E-state index is 0. The molecule has 0 atom stereocenters. The Kier molecular flexibility index (Phi) is 32.3. The summed E-state index contributed by atoms with van der Waals surface area (Å²) in [5.41, 5.74) is 11.0. The molecule has 11 aromatic rings. The van der Waals surface area contributed by atoms with E-state index >= 15 is 0 Å². The number of pyridine rings is 6. The molecular weight excluding hydrogens is 1770 g/mol. The van der Waals surface area contributed by atoms with Crippen molar-refractivity contribution in [1.82, 2.24) is 58.6 Å². The van der Waals surface area contributed by atoms with Gasteiger partial charge in [0.25, 0.3) is 0 Å². The predicted molar refractivity (Wildman–Crippen MR) is 319 cm³/mol. The van der Waals surface area contributed by atoms with Crippen molar-refractivity contribution in [1.29, 1.82) is 0 Å². The molecule has 20 heteroatoms. The van der Waals surface area contributed by atoms with E-state index in [4.69, 9.17) is 0 Å². The number of hydrogen-bond acceptors (Lipinski definition) is 10. The first-order valence-electron chi connectivity index (χ1n) is 26.0. The van der Waals surface area contributed by atoms with Crippen molar-refractivity contribution in [2.75, 3.05) is 20.8 Å². The van der Waals surface area contributed by atoms with Gasteiger partial charge >= 0.3 is 70.3 Å². The van der Waals surface area contributed by atoms with Gasteiger partial charge < -0.3 is 53.6 Å². The van der Waals surface area contributed by atoms with Crippen LogP contribution in [0.5, 0.6) is 0 Å². The van der Waals surface area contributed by atoms with Crippen molar-refractivity contribution >= 4 is 9.42 Å². The van der Waals surface area contributed by atoms with Gasteiger partial charge in [-0.3, -0.25) is 29.9 Å². The summed E-state index contributed by atoms with van der Waals surface area (Å²) in [5, 5.41) is 0. The molecule has 0 radical (unpaired) electrons. The third-order valence-electron chi connectivity index (χ3n) is 11.9. The molecule has 0 amide bonds. The molecule has 86 heavy (non-hydrogen) atoms. The minimum Gasteiger partial charge on any atom is -0.295 e. The second-order valence-electron chi connectivity index (χ2n) is 18.4. The van der Waals surface area contributed by atoms with Crippen LogP contribution in [-0.4, -0.2) is 79.4 Å². The van der Waals surface area contributed by atoms with Crippen molar-refractivity contribution in [3.05, 3.63) is 294 Å². The van der Waals surface area contributed by atoms with Crippen LogP contribution in [0.3, 0.4) is 0 Å². The summed E-state index contributed by atoms with van der Waals surface area (Å²) in [4.78, 5) is 35.1. The zero-order chi connectivity index (χ0) is 57.1. The molecule has 446 valence electrons. The van der Waals surface area contributed by atoms with E-state index in [1.165, 1.54) is 0 Å². The Morgan fingerprint density at radius 2 is 0.721 bits per heavy atom. The second kappa shape index (κ2) is 38.9. The Bertz CT molecular complexity index is 3160. The Morgan fingerprint density at radius 1 is 0.407 bits per heavy atom. The molecule has 0 spiro atoms. The number of benzene rings is 3. The summed E-state index contributed by atoms with van der Waals surface area (Å²) in [6.45, 7) is 5.84. The van der Waals surface area contributed by atoms with Gasteiger partial charge in [0.05, 0.1) is 48.3 Å². The molecule has 0 saturated carbocycles. The van der Waals surface area contributed by atoms with Gasteiger partial charge in [-0.05, 0) is 111 Å². The number of rotatable bonds is 10. The number of halogens is 3. The summed E-state index contributed by atoms with van der Waals surface area (Å²) < 4.78 is 8.31. The van der Waals surface area contributed by atoms with Crippen molar-refractivity contribution in [3.8, 4) is 67.9 Å². The molecule has 0 N–H and O–H groups in total. The molecule has 2 aliphatic rings. The van der Waals surface area contributed by atoms with E-state index in [1.54, 1.807) is 37.4 Å². The monoisotopic (exact) mass is 1830 g/mol. The largest absolute Gasteiger partial charge is 2.00 e. The zero-order valence-corrected chi connectivity index (χ0v) is 58.0. The van der Waals surface area contributed by atoms with Crippen LogP contribution < -0.4 is 43.1 Å². The van der Waals surface area contributed by atoms with Gasteiger partial charge in [-0.2, -0.15) is 22.5 Å². The van der Waals surface area contributed by atoms with Gasteiger partial charge in [0, 0.05) is 25.3 Å². The Labute approximate surface area is 570 Å². The van der Waals surface area contributed by atoms with E-state index in [1.807, 2.05) is 254 Å². The van der Waals surface area contributed by atoms with E-state index in [-0.39, 0.29) is 76.1 Å². The van der Waals surface area contributed by atoms with Gasteiger partial charge in [-0.25, -0.2) is 9.13 Å².